The first-order valence-corrected chi connectivity index (χ1v) is 8.65. The highest BCUT2D eigenvalue weighted by atomic mass is 32.1. The Morgan fingerprint density at radius 2 is 1.88 bits per heavy atom. The summed E-state index contributed by atoms with van der Waals surface area (Å²) in [6.07, 6.45) is 0.434. The van der Waals surface area contributed by atoms with Gasteiger partial charge in [-0.3, -0.25) is 9.59 Å². The molecule has 2 unspecified atom stereocenters. The molecule has 128 valence electrons. The summed E-state index contributed by atoms with van der Waals surface area (Å²) in [6, 6.07) is 12.4. The molecule has 0 spiro atoms. The van der Waals surface area contributed by atoms with Gasteiger partial charge < -0.3 is 15.4 Å². The Bertz CT molecular complexity index is 644. The van der Waals surface area contributed by atoms with Gasteiger partial charge in [0.15, 0.2) is 0 Å². The lowest BCUT2D eigenvalue weighted by atomic mass is 10.0. The third kappa shape index (κ3) is 5.47. The lowest BCUT2D eigenvalue weighted by molar-refractivity contribution is -0.123. The second-order valence-corrected chi connectivity index (χ2v) is 6.51. The molecule has 0 aliphatic rings. The molecule has 1 heterocycles. The summed E-state index contributed by atoms with van der Waals surface area (Å²) in [6.45, 7) is 2.28. The zero-order valence-electron chi connectivity index (χ0n) is 13.8. The SMILES string of the molecule is COCC(C)NC(=O)C(Cc1ccccc1)NC(=O)c1cccs1. The third-order valence-electron chi connectivity index (χ3n) is 3.45. The Kier molecular flexibility index (Phi) is 6.96. The number of rotatable bonds is 8. The number of methoxy groups -OCH3 is 1. The average Bonchev–Trinajstić information content (AvgIpc) is 3.10. The van der Waals surface area contributed by atoms with Gasteiger partial charge in [-0.2, -0.15) is 0 Å². The van der Waals surface area contributed by atoms with Crippen molar-refractivity contribution in [1.29, 1.82) is 0 Å². The summed E-state index contributed by atoms with van der Waals surface area (Å²) in [5.74, 6) is -0.450. The van der Waals surface area contributed by atoms with E-state index in [2.05, 4.69) is 10.6 Å². The van der Waals surface area contributed by atoms with Crippen LogP contribution in [0.25, 0.3) is 0 Å². The maximum absolute atomic E-state index is 12.6. The topological polar surface area (TPSA) is 67.4 Å². The predicted molar refractivity (Wildman–Crippen MR) is 95.2 cm³/mol. The first-order chi connectivity index (χ1) is 11.6. The molecule has 0 radical (unpaired) electrons. The molecule has 2 aromatic rings. The zero-order chi connectivity index (χ0) is 17.4. The van der Waals surface area contributed by atoms with Crippen LogP contribution in [0.2, 0.25) is 0 Å². The van der Waals surface area contributed by atoms with Crippen LogP contribution in [0.4, 0.5) is 0 Å². The highest BCUT2D eigenvalue weighted by Gasteiger charge is 2.23. The highest BCUT2D eigenvalue weighted by molar-refractivity contribution is 7.12. The van der Waals surface area contributed by atoms with Gasteiger partial charge in [-0.25, -0.2) is 0 Å². The lowest BCUT2D eigenvalue weighted by Crippen LogP contribution is -2.50. The molecule has 24 heavy (non-hydrogen) atoms. The van der Waals surface area contributed by atoms with Crippen LogP contribution in [0.5, 0.6) is 0 Å². The smallest absolute Gasteiger partial charge is 0.262 e. The molecule has 0 bridgehead atoms. The first-order valence-electron chi connectivity index (χ1n) is 7.77. The van der Waals surface area contributed by atoms with E-state index in [1.165, 1.54) is 11.3 Å². The molecule has 0 aliphatic carbocycles. The molecule has 0 saturated heterocycles. The van der Waals surface area contributed by atoms with Gasteiger partial charge in [0.05, 0.1) is 11.5 Å². The molecular weight excluding hydrogens is 324 g/mol. The maximum atomic E-state index is 12.6. The molecule has 2 rings (SSSR count). The quantitative estimate of drug-likeness (QED) is 0.770. The van der Waals surface area contributed by atoms with Gasteiger partial charge in [0, 0.05) is 19.6 Å². The fraction of sp³-hybridized carbons (Fsp3) is 0.333. The summed E-state index contributed by atoms with van der Waals surface area (Å²) in [4.78, 5) is 25.5. The maximum Gasteiger partial charge on any atom is 0.262 e. The van der Waals surface area contributed by atoms with Crippen molar-refractivity contribution < 1.29 is 14.3 Å². The predicted octanol–water partition coefficient (Wildman–Crippen LogP) is 2.24. The van der Waals surface area contributed by atoms with Gasteiger partial charge in [0.25, 0.3) is 5.91 Å². The lowest BCUT2D eigenvalue weighted by Gasteiger charge is -2.21. The van der Waals surface area contributed by atoms with E-state index in [4.69, 9.17) is 4.74 Å². The van der Waals surface area contributed by atoms with E-state index in [1.54, 1.807) is 13.2 Å². The van der Waals surface area contributed by atoms with Crippen molar-refractivity contribution in [3.63, 3.8) is 0 Å². The minimum Gasteiger partial charge on any atom is -0.383 e. The van der Waals surface area contributed by atoms with Crippen LogP contribution >= 0.6 is 11.3 Å². The average molecular weight is 346 g/mol. The van der Waals surface area contributed by atoms with Crippen LogP contribution in [0.3, 0.4) is 0 Å². The molecule has 1 aromatic heterocycles. The van der Waals surface area contributed by atoms with Crippen LogP contribution in [0.1, 0.15) is 22.2 Å². The molecule has 1 aromatic carbocycles. The minimum absolute atomic E-state index is 0.126. The van der Waals surface area contributed by atoms with Crippen LogP contribution < -0.4 is 10.6 Å². The van der Waals surface area contributed by atoms with Crippen molar-refractivity contribution in [3.05, 3.63) is 58.3 Å². The molecule has 2 amide bonds. The second kappa shape index (κ2) is 9.20. The summed E-state index contributed by atoms with van der Waals surface area (Å²) in [5, 5.41) is 7.55. The van der Waals surface area contributed by atoms with E-state index in [0.717, 1.165) is 5.56 Å². The Morgan fingerprint density at radius 3 is 2.50 bits per heavy atom. The number of hydrogen-bond acceptors (Lipinski definition) is 4. The number of benzene rings is 1. The number of carbonyl (C=O) groups is 2. The molecule has 0 saturated carbocycles. The molecule has 5 nitrogen and oxygen atoms in total. The second-order valence-electron chi connectivity index (χ2n) is 5.56. The number of thiophene rings is 1. The van der Waals surface area contributed by atoms with E-state index in [-0.39, 0.29) is 17.9 Å². The number of ether oxygens (including phenoxy) is 1. The highest BCUT2D eigenvalue weighted by Crippen LogP contribution is 2.10. The number of carbonyl (C=O) groups excluding carboxylic acids is 2. The minimum atomic E-state index is -0.638. The Balaban J connectivity index is 2.08. The van der Waals surface area contributed by atoms with E-state index in [1.807, 2.05) is 48.7 Å². The normalized spacial score (nSPS) is 13.1. The van der Waals surface area contributed by atoms with E-state index >= 15 is 0 Å². The first kappa shape index (κ1) is 18.2. The Morgan fingerprint density at radius 1 is 1.12 bits per heavy atom. The summed E-state index contributed by atoms with van der Waals surface area (Å²) in [5.41, 5.74) is 0.989. The van der Waals surface area contributed by atoms with Crippen molar-refractivity contribution >= 4 is 23.2 Å². The largest absolute Gasteiger partial charge is 0.383 e. The molecule has 6 heteroatoms. The number of nitrogens with one attached hydrogen (secondary N) is 2. The van der Waals surface area contributed by atoms with Gasteiger partial charge in [0.2, 0.25) is 5.91 Å². The molecule has 2 N–H and O–H groups in total. The molecular formula is C18H22N2O3S. The van der Waals surface area contributed by atoms with Gasteiger partial charge in [-0.15, -0.1) is 11.3 Å². The summed E-state index contributed by atoms with van der Waals surface area (Å²) >= 11 is 1.35. The third-order valence-corrected chi connectivity index (χ3v) is 4.32. The van der Waals surface area contributed by atoms with Crippen LogP contribution in [-0.4, -0.2) is 37.6 Å². The summed E-state index contributed by atoms with van der Waals surface area (Å²) < 4.78 is 5.04. The number of amides is 2. The van der Waals surface area contributed by atoms with Gasteiger partial charge >= 0.3 is 0 Å². The van der Waals surface area contributed by atoms with Crippen molar-refractivity contribution in [2.24, 2.45) is 0 Å². The van der Waals surface area contributed by atoms with E-state index < -0.39 is 6.04 Å². The standard InChI is InChI=1S/C18H22N2O3S/c1-13(12-23-2)19-17(21)15(11-14-7-4-3-5-8-14)20-18(22)16-9-6-10-24-16/h3-10,13,15H,11-12H2,1-2H3,(H,19,21)(H,20,22). The summed E-state index contributed by atoms with van der Waals surface area (Å²) in [7, 11) is 1.59. The molecule has 0 fully saturated rings. The van der Waals surface area contributed by atoms with Gasteiger partial charge in [-0.1, -0.05) is 36.4 Å². The van der Waals surface area contributed by atoms with Gasteiger partial charge in [-0.05, 0) is 23.9 Å². The van der Waals surface area contributed by atoms with Crippen molar-refractivity contribution in [2.45, 2.75) is 25.4 Å². The monoisotopic (exact) mass is 346 g/mol. The fourth-order valence-electron chi connectivity index (χ4n) is 2.33. The molecule has 0 aliphatic heterocycles. The fourth-order valence-corrected chi connectivity index (χ4v) is 2.96. The zero-order valence-corrected chi connectivity index (χ0v) is 14.6. The van der Waals surface area contributed by atoms with E-state index in [9.17, 15) is 9.59 Å². The Labute approximate surface area is 146 Å². The molecule has 2 atom stereocenters. The van der Waals surface area contributed by atoms with Crippen molar-refractivity contribution in [3.8, 4) is 0 Å². The van der Waals surface area contributed by atoms with Crippen LogP contribution in [0, 0.1) is 0 Å². The Hall–Kier alpha value is -2.18. The van der Waals surface area contributed by atoms with Crippen LogP contribution in [-0.2, 0) is 16.0 Å². The van der Waals surface area contributed by atoms with E-state index in [0.29, 0.717) is 17.9 Å². The van der Waals surface area contributed by atoms with Crippen molar-refractivity contribution in [2.75, 3.05) is 13.7 Å². The van der Waals surface area contributed by atoms with Crippen molar-refractivity contribution in [1.82, 2.24) is 10.6 Å². The number of hydrogen-bond donors (Lipinski definition) is 2. The van der Waals surface area contributed by atoms with Gasteiger partial charge in [0.1, 0.15) is 6.04 Å². The van der Waals surface area contributed by atoms with Crippen LogP contribution in [0.15, 0.2) is 47.8 Å².